The number of carbonyl (C=O) groups excluding carboxylic acids is 2. The van der Waals surface area contributed by atoms with Gasteiger partial charge >= 0.3 is 0 Å². The van der Waals surface area contributed by atoms with Gasteiger partial charge in [-0.1, -0.05) is 46.3 Å². The summed E-state index contributed by atoms with van der Waals surface area (Å²) in [5.41, 5.74) is 1.53. The molecule has 0 spiro atoms. The SMILES string of the molecule is C[C@H](NC(=O)CNC(=O)c1ccccc1)c1cccc(Br)c1. The first-order valence-corrected chi connectivity index (χ1v) is 7.73. The Morgan fingerprint density at radius 3 is 2.50 bits per heavy atom. The van der Waals surface area contributed by atoms with Crippen LogP contribution in [0.25, 0.3) is 0 Å². The first-order valence-electron chi connectivity index (χ1n) is 6.94. The van der Waals surface area contributed by atoms with Gasteiger partial charge in [0.05, 0.1) is 12.6 Å². The molecule has 2 aromatic rings. The molecule has 0 saturated carbocycles. The Morgan fingerprint density at radius 1 is 1.09 bits per heavy atom. The maximum Gasteiger partial charge on any atom is 0.251 e. The Bertz CT molecular complexity index is 659. The number of hydrogen-bond donors (Lipinski definition) is 2. The molecule has 0 aliphatic rings. The summed E-state index contributed by atoms with van der Waals surface area (Å²) in [6.45, 7) is 1.85. The third-order valence-corrected chi connectivity index (χ3v) is 3.66. The molecule has 114 valence electrons. The van der Waals surface area contributed by atoms with Crippen molar-refractivity contribution in [2.24, 2.45) is 0 Å². The van der Waals surface area contributed by atoms with Gasteiger partial charge < -0.3 is 10.6 Å². The average Bonchev–Trinajstić information content (AvgIpc) is 2.53. The van der Waals surface area contributed by atoms with Gasteiger partial charge in [-0.3, -0.25) is 9.59 Å². The van der Waals surface area contributed by atoms with Crippen LogP contribution in [0.15, 0.2) is 59.1 Å². The van der Waals surface area contributed by atoms with Gasteiger partial charge in [-0.15, -0.1) is 0 Å². The van der Waals surface area contributed by atoms with Crippen molar-refractivity contribution in [3.63, 3.8) is 0 Å². The molecule has 0 heterocycles. The molecular weight excluding hydrogens is 344 g/mol. The second-order valence-corrected chi connectivity index (χ2v) is 5.81. The molecule has 0 fully saturated rings. The van der Waals surface area contributed by atoms with Gasteiger partial charge in [0.25, 0.3) is 5.91 Å². The Hall–Kier alpha value is -2.14. The van der Waals surface area contributed by atoms with Crippen LogP contribution < -0.4 is 10.6 Å². The summed E-state index contributed by atoms with van der Waals surface area (Å²) in [7, 11) is 0. The Labute approximate surface area is 138 Å². The average molecular weight is 361 g/mol. The second kappa shape index (κ2) is 7.75. The minimum atomic E-state index is -0.258. The van der Waals surface area contributed by atoms with Crippen molar-refractivity contribution in [3.8, 4) is 0 Å². The van der Waals surface area contributed by atoms with Crippen LogP contribution in [0.4, 0.5) is 0 Å². The van der Waals surface area contributed by atoms with Gasteiger partial charge in [0.1, 0.15) is 0 Å². The van der Waals surface area contributed by atoms with Crippen LogP contribution in [-0.4, -0.2) is 18.4 Å². The van der Waals surface area contributed by atoms with E-state index in [1.807, 2.05) is 37.3 Å². The number of nitrogens with one attached hydrogen (secondary N) is 2. The fraction of sp³-hybridized carbons (Fsp3) is 0.176. The molecule has 2 aromatic carbocycles. The molecule has 2 N–H and O–H groups in total. The lowest BCUT2D eigenvalue weighted by Crippen LogP contribution is -2.38. The minimum Gasteiger partial charge on any atom is -0.348 e. The van der Waals surface area contributed by atoms with Gasteiger partial charge in [0.2, 0.25) is 5.91 Å². The molecule has 0 saturated heterocycles. The van der Waals surface area contributed by atoms with Crippen LogP contribution in [0.5, 0.6) is 0 Å². The molecule has 2 rings (SSSR count). The van der Waals surface area contributed by atoms with E-state index in [4.69, 9.17) is 0 Å². The topological polar surface area (TPSA) is 58.2 Å². The number of amides is 2. The van der Waals surface area contributed by atoms with Crippen LogP contribution in [0, 0.1) is 0 Å². The van der Waals surface area contributed by atoms with Crippen molar-refractivity contribution < 1.29 is 9.59 Å². The van der Waals surface area contributed by atoms with Crippen LogP contribution in [-0.2, 0) is 4.79 Å². The number of hydrogen-bond acceptors (Lipinski definition) is 2. The van der Waals surface area contributed by atoms with Crippen LogP contribution >= 0.6 is 15.9 Å². The van der Waals surface area contributed by atoms with E-state index in [-0.39, 0.29) is 24.4 Å². The maximum atomic E-state index is 11.9. The van der Waals surface area contributed by atoms with Crippen molar-refractivity contribution in [1.29, 1.82) is 0 Å². The molecule has 0 aliphatic carbocycles. The normalized spacial score (nSPS) is 11.5. The van der Waals surface area contributed by atoms with Crippen molar-refractivity contribution in [1.82, 2.24) is 10.6 Å². The van der Waals surface area contributed by atoms with Crippen LogP contribution in [0.3, 0.4) is 0 Å². The Balaban J connectivity index is 1.84. The highest BCUT2D eigenvalue weighted by molar-refractivity contribution is 9.10. The van der Waals surface area contributed by atoms with Gasteiger partial charge in [-0.05, 0) is 36.8 Å². The van der Waals surface area contributed by atoms with E-state index in [9.17, 15) is 9.59 Å². The molecule has 0 unspecified atom stereocenters. The molecular formula is C17H17BrN2O2. The molecule has 0 bridgehead atoms. The summed E-state index contributed by atoms with van der Waals surface area (Å²) >= 11 is 3.40. The summed E-state index contributed by atoms with van der Waals surface area (Å²) in [6, 6.07) is 16.4. The van der Waals surface area contributed by atoms with Crippen LogP contribution in [0.1, 0.15) is 28.9 Å². The third-order valence-electron chi connectivity index (χ3n) is 3.17. The molecule has 1 atom stereocenters. The number of halogens is 1. The minimum absolute atomic E-state index is 0.0495. The predicted molar refractivity (Wildman–Crippen MR) is 89.5 cm³/mol. The summed E-state index contributed by atoms with van der Waals surface area (Å²) < 4.78 is 0.962. The van der Waals surface area contributed by atoms with Crippen LogP contribution in [0.2, 0.25) is 0 Å². The molecule has 2 amide bonds. The summed E-state index contributed by atoms with van der Waals surface area (Å²) in [5, 5.41) is 5.46. The van der Waals surface area contributed by atoms with Gasteiger partial charge in [-0.2, -0.15) is 0 Å². The highest BCUT2D eigenvalue weighted by atomic mass is 79.9. The highest BCUT2D eigenvalue weighted by Crippen LogP contribution is 2.17. The highest BCUT2D eigenvalue weighted by Gasteiger charge is 2.11. The molecule has 0 aliphatic heterocycles. The fourth-order valence-electron chi connectivity index (χ4n) is 2.00. The maximum absolute atomic E-state index is 11.9. The Kier molecular flexibility index (Phi) is 5.72. The lowest BCUT2D eigenvalue weighted by molar-refractivity contribution is -0.120. The van der Waals surface area contributed by atoms with E-state index in [0.29, 0.717) is 5.56 Å². The molecule has 0 radical (unpaired) electrons. The zero-order valence-electron chi connectivity index (χ0n) is 12.2. The Morgan fingerprint density at radius 2 is 1.82 bits per heavy atom. The molecule has 0 aromatic heterocycles. The summed E-state index contributed by atoms with van der Waals surface area (Å²) in [4.78, 5) is 23.8. The zero-order valence-corrected chi connectivity index (χ0v) is 13.8. The molecule has 4 nitrogen and oxygen atoms in total. The van der Waals surface area contributed by atoms with Crippen molar-refractivity contribution in [3.05, 3.63) is 70.2 Å². The number of carbonyl (C=O) groups is 2. The molecule has 5 heteroatoms. The predicted octanol–water partition coefficient (Wildman–Crippen LogP) is 3.06. The van der Waals surface area contributed by atoms with Crippen molar-refractivity contribution >= 4 is 27.7 Å². The van der Waals surface area contributed by atoms with E-state index in [1.54, 1.807) is 24.3 Å². The van der Waals surface area contributed by atoms with Crippen molar-refractivity contribution in [2.45, 2.75) is 13.0 Å². The first kappa shape index (κ1) is 16.2. The van der Waals surface area contributed by atoms with E-state index < -0.39 is 0 Å². The monoisotopic (exact) mass is 360 g/mol. The van der Waals surface area contributed by atoms with Gasteiger partial charge in [0.15, 0.2) is 0 Å². The van der Waals surface area contributed by atoms with Crippen molar-refractivity contribution in [2.75, 3.05) is 6.54 Å². The van der Waals surface area contributed by atoms with Gasteiger partial charge in [-0.25, -0.2) is 0 Å². The van der Waals surface area contributed by atoms with E-state index in [2.05, 4.69) is 26.6 Å². The number of rotatable bonds is 5. The number of benzene rings is 2. The smallest absolute Gasteiger partial charge is 0.251 e. The molecule has 22 heavy (non-hydrogen) atoms. The third kappa shape index (κ3) is 4.70. The summed E-state index contributed by atoms with van der Waals surface area (Å²) in [6.07, 6.45) is 0. The standard InChI is InChI=1S/C17H17BrN2O2/c1-12(14-8-5-9-15(18)10-14)20-16(21)11-19-17(22)13-6-3-2-4-7-13/h2-10,12H,11H2,1H3,(H,19,22)(H,20,21)/t12-/m0/s1. The summed E-state index contributed by atoms with van der Waals surface area (Å²) in [5.74, 6) is -0.484. The van der Waals surface area contributed by atoms with Gasteiger partial charge in [0, 0.05) is 10.0 Å². The lowest BCUT2D eigenvalue weighted by Gasteiger charge is -2.15. The largest absolute Gasteiger partial charge is 0.348 e. The fourth-order valence-corrected chi connectivity index (χ4v) is 2.42. The lowest BCUT2D eigenvalue weighted by atomic mass is 10.1. The van der Waals surface area contributed by atoms with E-state index in [1.165, 1.54) is 0 Å². The zero-order chi connectivity index (χ0) is 15.9. The quantitative estimate of drug-likeness (QED) is 0.860. The first-order chi connectivity index (χ1) is 10.6. The van der Waals surface area contributed by atoms with E-state index >= 15 is 0 Å². The second-order valence-electron chi connectivity index (χ2n) is 4.89. The van der Waals surface area contributed by atoms with E-state index in [0.717, 1.165) is 10.0 Å².